The third kappa shape index (κ3) is 5.43. The molecule has 0 amide bonds. The Morgan fingerprint density at radius 1 is 1.10 bits per heavy atom. The van der Waals surface area contributed by atoms with Crippen LogP contribution in [-0.2, 0) is 9.53 Å². The molecule has 0 bridgehead atoms. The highest BCUT2D eigenvalue weighted by atomic mass is 28.3. The maximum absolute atomic E-state index is 14.6. The fourth-order valence-corrected chi connectivity index (χ4v) is 5.14. The Labute approximate surface area is 179 Å². The highest BCUT2D eigenvalue weighted by Crippen LogP contribution is 2.43. The molecule has 1 saturated heterocycles. The Morgan fingerprint density at radius 2 is 1.80 bits per heavy atom. The number of carbonyl (C=O) groups is 1. The summed E-state index contributed by atoms with van der Waals surface area (Å²) in [6.45, 7) is 8.99. The lowest BCUT2D eigenvalue weighted by atomic mass is 9.71. The van der Waals surface area contributed by atoms with Gasteiger partial charge in [0, 0.05) is 0 Å². The third-order valence-corrected chi connectivity index (χ3v) is 7.03. The van der Waals surface area contributed by atoms with Gasteiger partial charge in [-0.05, 0) is 68.4 Å². The van der Waals surface area contributed by atoms with Crippen molar-refractivity contribution in [3.63, 3.8) is 0 Å². The van der Waals surface area contributed by atoms with Crippen LogP contribution in [0, 0.1) is 40.9 Å². The van der Waals surface area contributed by atoms with E-state index in [9.17, 15) is 13.6 Å². The number of carbonyl (C=O) groups excluding carboxylic acids is 1. The second kappa shape index (κ2) is 9.51. The summed E-state index contributed by atoms with van der Waals surface area (Å²) in [6.07, 6.45) is 4.22. The summed E-state index contributed by atoms with van der Waals surface area (Å²) in [6, 6.07) is 3.20. The SMILES string of the molecule is CCOc1ccc(C2CCC(C3COC(=O)C(C#C[Si](C)(C)C)C3)CC2)c(F)c1F. The number of benzene rings is 1. The predicted octanol–water partition coefficient (Wildman–Crippen LogP) is 5.70. The molecule has 2 aliphatic rings. The molecule has 0 spiro atoms. The Morgan fingerprint density at radius 3 is 2.43 bits per heavy atom. The first-order valence-electron chi connectivity index (χ1n) is 11.0. The van der Waals surface area contributed by atoms with Gasteiger partial charge in [0.05, 0.1) is 13.2 Å². The van der Waals surface area contributed by atoms with Crippen LogP contribution >= 0.6 is 0 Å². The molecule has 2 atom stereocenters. The van der Waals surface area contributed by atoms with Gasteiger partial charge in [-0.2, -0.15) is 4.39 Å². The molecule has 2 unspecified atom stereocenters. The van der Waals surface area contributed by atoms with Crippen LogP contribution in [0.25, 0.3) is 0 Å². The van der Waals surface area contributed by atoms with Gasteiger partial charge in [-0.25, -0.2) is 4.39 Å². The second-order valence-corrected chi connectivity index (χ2v) is 14.3. The largest absolute Gasteiger partial charge is 0.491 e. The van der Waals surface area contributed by atoms with E-state index < -0.39 is 19.7 Å². The van der Waals surface area contributed by atoms with Crippen LogP contribution in [0.4, 0.5) is 8.78 Å². The predicted molar refractivity (Wildman–Crippen MR) is 116 cm³/mol. The van der Waals surface area contributed by atoms with Crippen molar-refractivity contribution in [3.8, 4) is 17.2 Å². The average Bonchev–Trinajstić information content (AvgIpc) is 2.71. The van der Waals surface area contributed by atoms with Crippen LogP contribution < -0.4 is 4.74 Å². The summed E-state index contributed by atoms with van der Waals surface area (Å²) in [5.41, 5.74) is 3.75. The smallest absolute Gasteiger partial charge is 0.321 e. The summed E-state index contributed by atoms with van der Waals surface area (Å²) in [4.78, 5) is 12.1. The molecule has 30 heavy (non-hydrogen) atoms. The van der Waals surface area contributed by atoms with E-state index in [1.165, 1.54) is 6.07 Å². The van der Waals surface area contributed by atoms with E-state index in [2.05, 4.69) is 31.1 Å². The maximum atomic E-state index is 14.6. The first-order valence-corrected chi connectivity index (χ1v) is 14.5. The van der Waals surface area contributed by atoms with E-state index in [1.807, 2.05) is 0 Å². The molecule has 1 aromatic rings. The number of hydrogen-bond donors (Lipinski definition) is 0. The molecule has 2 fully saturated rings. The van der Waals surface area contributed by atoms with E-state index >= 15 is 0 Å². The zero-order chi connectivity index (χ0) is 21.9. The summed E-state index contributed by atoms with van der Waals surface area (Å²) in [5, 5.41) is 0. The van der Waals surface area contributed by atoms with Crippen molar-refractivity contribution in [3.05, 3.63) is 29.3 Å². The van der Waals surface area contributed by atoms with Gasteiger partial charge in [0.2, 0.25) is 5.82 Å². The molecular weight excluding hydrogens is 402 g/mol. The lowest BCUT2D eigenvalue weighted by molar-refractivity contribution is -0.155. The van der Waals surface area contributed by atoms with Gasteiger partial charge in [0.1, 0.15) is 14.0 Å². The number of cyclic esters (lactones) is 1. The first kappa shape index (κ1) is 22.8. The zero-order valence-electron chi connectivity index (χ0n) is 18.4. The quantitative estimate of drug-likeness (QED) is 0.347. The fourth-order valence-electron chi connectivity index (χ4n) is 4.54. The minimum absolute atomic E-state index is 0.0139. The Bertz CT molecular complexity index is 829. The lowest BCUT2D eigenvalue weighted by Gasteiger charge is -2.36. The number of halogens is 2. The lowest BCUT2D eigenvalue weighted by Crippen LogP contribution is -2.35. The second-order valence-electron chi connectivity index (χ2n) is 9.52. The Balaban J connectivity index is 1.62. The van der Waals surface area contributed by atoms with Crippen LogP contribution in [0.1, 0.15) is 50.5 Å². The van der Waals surface area contributed by atoms with E-state index in [4.69, 9.17) is 9.47 Å². The molecule has 3 rings (SSSR count). The molecule has 3 nitrogen and oxygen atoms in total. The minimum Gasteiger partial charge on any atom is -0.491 e. The monoisotopic (exact) mass is 434 g/mol. The van der Waals surface area contributed by atoms with Gasteiger partial charge < -0.3 is 9.47 Å². The summed E-state index contributed by atoms with van der Waals surface area (Å²) >= 11 is 0. The first-order chi connectivity index (χ1) is 14.2. The number of rotatable bonds is 4. The van der Waals surface area contributed by atoms with Crippen molar-refractivity contribution in [2.45, 2.75) is 64.6 Å². The molecular formula is C24H32F2O3Si. The molecule has 1 aromatic carbocycles. The Kier molecular flexibility index (Phi) is 7.23. The Hall–Kier alpha value is -1.87. The van der Waals surface area contributed by atoms with Crippen LogP contribution in [0.3, 0.4) is 0 Å². The average molecular weight is 435 g/mol. The van der Waals surface area contributed by atoms with Gasteiger partial charge in [0.25, 0.3) is 0 Å². The number of hydrogen-bond acceptors (Lipinski definition) is 3. The molecule has 0 aromatic heterocycles. The van der Waals surface area contributed by atoms with Crippen molar-refractivity contribution in [1.82, 2.24) is 0 Å². The van der Waals surface area contributed by atoms with E-state index in [1.54, 1.807) is 13.0 Å². The van der Waals surface area contributed by atoms with E-state index in [0.29, 0.717) is 30.6 Å². The zero-order valence-corrected chi connectivity index (χ0v) is 19.4. The molecule has 6 heteroatoms. The van der Waals surface area contributed by atoms with Gasteiger partial charge in [-0.3, -0.25) is 4.79 Å². The van der Waals surface area contributed by atoms with Gasteiger partial charge in [0.15, 0.2) is 11.6 Å². The van der Waals surface area contributed by atoms with Crippen LogP contribution in [0.5, 0.6) is 5.75 Å². The normalized spacial score (nSPS) is 27.1. The molecule has 0 radical (unpaired) electrons. The van der Waals surface area contributed by atoms with Crippen molar-refractivity contribution < 1.29 is 23.0 Å². The topological polar surface area (TPSA) is 35.5 Å². The fraction of sp³-hybridized carbons (Fsp3) is 0.625. The van der Waals surface area contributed by atoms with Crippen molar-refractivity contribution in [2.24, 2.45) is 17.8 Å². The highest BCUT2D eigenvalue weighted by molar-refractivity contribution is 6.83. The summed E-state index contributed by atoms with van der Waals surface area (Å²) in [7, 11) is -1.54. The van der Waals surface area contributed by atoms with Crippen molar-refractivity contribution in [1.29, 1.82) is 0 Å². The van der Waals surface area contributed by atoms with Gasteiger partial charge in [-0.15, -0.1) is 5.54 Å². The van der Waals surface area contributed by atoms with E-state index in [-0.39, 0.29) is 23.6 Å². The van der Waals surface area contributed by atoms with Crippen LogP contribution in [-0.4, -0.2) is 27.3 Å². The standard InChI is InChI=1S/C24H32F2O3Si/c1-5-28-21-11-10-20(22(25)23(21)26)17-8-6-16(7-9-17)19-14-18(24(27)29-15-19)12-13-30(2,3)4/h10-11,16-19H,5-9,14-15H2,1-4H3. The van der Waals surface area contributed by atoms with Crippen LogP contribution in [0.15, 0.2) is 12.1 Å². The minimum atomic E-state index is -1.54. The number of ether oxygens (including phenoxy) is 2. The highest BCUT2D eigenvalue weighted by Gasteiger charge is 2.36. The molecule has 164 valence electrons. The van der Waals surface area contributed by atoms with Crippen molar-refractivity contribution >= 4 is 14.0 Å². The van der Waals surface area contributed by atoms with Crippen LogP contribution in [0.2, 0.25) is 19.6 Å². The summed E-state index contributed by atoms with van der Waals surface area (Å²) < 4.78 is 39.4. The summed E-state index contributed by atoms with van der Waals surface area (Å²) in [5.74, 6) is 1.70. The molecule has 0 N–H and O–H groups in total. The molecule has 1 aliphatic heterocycles. The number of esters is 1. The molecule has 1 heterocycles. The molecule has 1 aliphatic carbocycles. The molecule has 1 saturated carbocycles. The third-order valence-electron chi connectivity index (χ3n) is 6.14. The van der Waals surface area contributed by atoms with Gasteiger partial charge >= 0.3 is 5.97 Å². The van der Waals surface area contributed by atoms with E-state index in [0.717, 1.165) is 32.1 Å². The van der Waals surface area contributed by atoms with Gasteiger partial charge in [-0.1, -0.05) is 31.6 Å². The maximum Gasteiger partial charge on any atom is 0.321 e. The van der Waals surface area contributed by atoms with Crippen molar-refractivity contribution in [2.75, 3.05) is 13.2 Å².